The molecule has 2 rings (SSSR count). The summed E-state index contributed by atoms with van der Waals surface area (Å²) in [4.78, 5) is 16.0. The predicted molar refractivity (Wildman–Crippen MR) is 75.8 cm³/mol. The van der Waals surface area contributed by atoms with Gasteiger partial charge in [-0.15, -0.1) is 0 Å². The fourth-order valence-electron chi connectivity index (χ4n) is 3.13. The molecule has 5 nitrogen and oxygen atoms in total. The Morgan fingerprint density at radius 3 is 2.55 bits per heavy atom. The second kappa shape index (κ2) is 5.40. The van der Waals surface area contributed by atoms with Gasteiger partial charge in [-0.3, -0.25) is 10.1 Å². The van der Waals surface area contributed by atoms with E-state index in [0.717, 1.165) is 6.20 Å². The molecule has 1 saturated heterocycles. The molecule has 1 aliphatic heterocycles. The Morgan fingerprint density at radius 2 is 2.09 bits per heavy atom. The van der Waals surface area contributed by atoms with Crippen LogP contribution in [0.3, 0.4) is 0 Å². The quantitative estimate of drug-likeness (QED) is 0.616. The van der Waals surface area contributed by atoms with Crippen molar-refractivity contribution in [2.75, 3.05) is 18.0 Å². The number of aromatic nitrogens is 1. The maximum Gasteiger partial charge on any atom is 0.392 e. The number of aryl methyl sites for hydroxylation is 1. The number of piperidine rings is 1. The maximum absolute atomic E-state index is 13.1. The van der Waals surface area contributed by atoms with Crippen molar-refractivity contribution in [1.29, 1.82) is 0 Å². The summed E-state index contributed by atoms with van der Waals surface area (Å²) in [5.41, 5.74) is -0.465. The highest BCUT2D eigenvalue weighted by atomic mass is 19.4. The third kappa shape index (κ3) is 3.15. The van der Waals surface area contributed by atoms with Crippen LogP contribution in [0.1, 0.15) is 25.8 Å². The molecule has 1 fully saturated rings. The lowest BCUT2D eigenvalue weighted by atomic mass is 9.73. The van der Waals surface area contributed by atoms with Gasteiger partial charge in [0.2, 0.25) is 0 Å². The van der Waals surface area contributed by atoms with E-state index in [1.807, 2.05) is 0 Å². The zero-order chi connectivity index (χ0) is 16.7. The van der Waals surface area contributed by atoms with Crippen LogP contribution in [-0.4, -0.2) is 29.2 Å². The van der Waals surface area contributed by atoms with Crippen LogP contribution in [-0.2, 0) is 0 Å². The molecule has 1 aromatic rings. The highest BCUT2D eigenvalue weighted by molar-refractivity contribution is 5.51. The van der Waals surface area contributed by atoms with E-state index in [9.17, 15) is 23.3 Å². The molecule has 0 amide bonds. The minimum Gasteiger partial charge on any atom is -0.356 e. The molecule has 22 heavy (non-hydrogen) atoms. The number of hydrogen-bond acceptors (Lipinski definition) is 4. The molecule has 1 atom stereocenters. The van der Waals surface area contributed by atoms with Gasteiger partial charge in [-0.05, 0) is 24.3 Å². The van der Waals surface area contributed by atoms with Crippen molar-refractivity contribution in [1.82, 2.24) is 4.98 Å². The van der Waals surface area contributed by atoms with E-state index in [1.165, 1.54) is 6.07 Å². The van der Waals surface area contributed by atoms with Crippen LogP contribution in [0, 0.1) is 28.4 Å². The predicted octanol–water partition coefficient (Wildman–Crippen LogP) is 3.71. The van der Waals surface area contributed by atoms with Crippen molar-refractivity contribution in [2.24, 2.45) is 11.3 Å². The summed E-state index contributed by atoms with van der Waals surface area (Å²) < 4.78 is 39.2. The number of halogens is 3. The molecular weight excluding hydrogens is 299 g/mol. The average molecular weight is 317 g/mol. The molecule has 0 aliphatic carbocycles. The normalized spacial score (nSPS) is 21.7. The van der Waals surface area contributed by atoms with Crippen LogP contribution >= 0.6 is 0 Å². The molecule has 0 aromatic carbocycles. The third-order valence-electron chi connectivity index (χ3n) is 4.17. The lowest BCUT2D eigenvalue weighted by Gasteiger charge is -2.45. The molecule has 1 aliphatic rings. The first-order valence-electron chi connectivity index (χ1n) is 6.95. The topological polar surface area (TPSA) is 59.3 Å². The van der Waals surface area contributed by atoms with Crippen LogP contribution in [0.4, 0.5) is 24.7 Å². The Bertz CT molecular complexity index is 587. The van der Waals surface area contributed by atoms with Crippen LogP contribution in [0.25, 0.3) is 0 Å². The van der Waals surface area contributed by atoms with Gasteiger partial charge in [0.05, 0.1) is 10.8 Å². The van der Waals surface area contributed by atoms with E-state index >= 15 is 0 Å². The number of pyridine rings is 1. The lowest BCUT2D eigenvalue weighted by molar-refractivity contribution is -0.385. The summed E-state index contributed by atoms with van der Waals surface area (Å²) in [6.45, 7) is 5.32. The monoisotopic (exact) mass is 317 g/mol. The van der Waals surface area contributed by atoms with Gasteiger partial charge >= 0.3 is 6.18 Å². The van der Waals surface area contributed by atoms with E-state index in [0.29, 0.717) is 11.4 Å². The maximum atomic E-state index is 13.1. The minimum absolute atomic E-state index is 0.00535. The van der Waals surface area contributed by atoms with Gasteiger partial charge in [-0.2, -0.15) is 13.2 Å². The summed E-state index contributed by atoms with van der Waals surface area (Å²) in [6.07, 6.45) is -3.08. The van der Waals surface area contributed by atoms with Crippen LogP contribution in [0.15, 0.2) is 12.3 Å². The average Bonchev–Trinajstić information content (AvgIpc) is 2.35. The summed E-state index contributed by atoms with van der Waals surface area (Å²) in [6, 6.07) is 1.39. The summed E-state index contributed by atoms with van der Waals surface area (Å²) in [5, 5.41) is 10.7. The largest absolute Gasteiger partial charge is 0.392 e. The molecule has 0 N–H and O–H groups in total. The van der Waals surface area contributed by atoms with Gasteiger partial charge in [-0.1, -0.05) is 13.8 Å². The second-order valence-electron chi connectivity index (χ2n) is 6.38. The van der Waals surface area contributed by atoms with Crippen LogP contribution in [0.2, 0.25) is 0 Å². The van der Waals surface area contributed by atoms with Gasteiger partial charge in [0.25, 0.3) is 5.69 Å². The minimum atomic E-state index is -4.21. The van der Waals surface area contributed by atoms with E-state index in [2.05, 4.69) is 4.98 Å². The Morgan fingerprint density at radius 1 is 1.45 bits per heavy atom. The number of nitro groups is 1. The fraction of sp³-hybridized carbons (Fsp3) is 0.643. The Balaban J connectivity index is 2.25. The first-order valence-corrected chi connectivity index (χ1v) is 6.95. The fourth-order valence-corrected chi connectivity index (χ4v) is 3.13. The second-order valence-corrected chi connectivity index (χ2v) is 6.38. The van der Waals surface area contributed by atoms with E-state index < -0.39 is 22.4 Å². The van der Waals surface area contributed by atoms with Gasteiger partial charge in [0.15, 0.2) is 0 Å². The summed E-state index contributed by atoms with van der Waals surface area (Å²) in [7, 11) is 0. The summed E-state index contributed by atoms with van der Waals surface area (Å²) in [5.74, 6) is -0.839. The first-order chi connectivity index (χ1) is 10.0. The number of hydrogen-bond donors (Lipinski definition) is 0. The van der Waals surface area contributed by atoms with E-state index in [4.69, 9.17) is 0 Å². The Hall–Kier alpha value is -1.86. The molecule has 0 spiro atoms. The molecule has 122 valence electrons. The highest BCUT2D eigenvalue weighted by Gasteiger charge is 2.51. The van der Waals surface area contributed by atoms with E-state index in [1.54, 1.807) is 25.7 Å². The SMILES string of the molecule is Cc1cc([N+](=O)[O-])cnc1N1CCC(C(F)(F)F)C(C)(C)C1. The van der Waals surface area contributed by atoms with Crippen molar-refractivity contribution in [3.8, 4) is 0 Å². The number of anilines is 1. The number of rotatable bonds is 2. The lowest BCUT2D eigenvalue weighted by Crippen LogP contribution is -2.51. The van der Waals surface area contributed by atoms with Crippen molar-refractivity contribution in [3.05, 3.63) is 27.9 Å². The van der Waals surface area contributed by atoms with Gasteiger partial charge in [0, 0.05) is 19.2 Å². The Labute approximate surface area is 126 Å². The van der Waals surface area contributed by atoms with Gasteiger partial charge in [0.1, 0.15) is 12.0 Å². The molecule has 0 radical (unpaired) electrons. The van der Waals surface area contributed by atoms with Crippen molar-refractivity contribution >= 4 is 11.5 Å². The third-order valence-corrected chi connectivity index (χ3v) is 4.17. The Kier molecular flexibility index (Phi) is 4.06. The van der Waals surface area contributed by atoms with Crippen molar-refractivity contribution in [2.45, 2.75) is 33.4 Å². The molecular formula is C14H18F3N3O2. The first kappa shape index (κ1) is 16.5. The molecule has 2 heterocycles. The van der Waals surface area contributed by atoms with Crippen LogP contribution in [0.5, 0.6) is 0 Å². The molecule has 1 unspecified atom stereocenters. The molecule has 0 saturated carbocycles. The van der Waals surface area contributed by atoms with Gasteiger partial charge in [-0.25, -0.2) is 4.98 Å². The highest BCUT2D eigenvalue weighted by Crippen LogP contribution is 2.46. The van der Waals surface area contributed by atoms with E-state index in [-0.39, 0.29) is 25.2 Å². The molecule has 8 heteroatoms. The smallest absolute Gasteiger partial charge is 0.356 e. The van der Waals surface area contributed by atoms with Crippen molar-refractivity contribution < 1.29 is 18.1 Å². The number of nitrogens with zero attached hydrogens (tertiary/aromatic N) is 3. The molecule has 1 aromatic heterocycles. The van der Waals surface area contributed by atoms with Crippen molar-refractivity contribution in [3.63, 3.8) is 0 Å². The van der Waals surface area contributed by atoms with Crippen LogP contribution < -0.4 is 4.90 Å². The number of alkyl halides is 3. The zero-order valence-electron chi connectivity index (χ0n) is 12.6. The summed E-state index contributed by atoms with van der Waals surface area (Å²) >= 11 is 0. The standard InChI is InChI=1S/C14H18F3N3O2/c1-9-6-10(20(21)22)7-18-12(9)19-5-4-11(14(15,16)17)13(2,3)8-19/h6-7,11H,4-5,8H2,1-3H3. The zero-order valence-corrected chi connectivity index (χ0v) is 12.6. The van der Waals surface area contributed by atoms with Gasteiger partial charge < -0.3 is 4.90 Å². The molecule has 0 bridgehead atoms.